The van der Waals surface area contributed by atoms with Crippen LogP contribution < -0.4 is 5.32 Å². The number of amides is 1. The van der Waals surface area contributed by atoms with Crippen molar-refractivity contribution >= 4 is 5.91 Å². The zero-order chi connectivity index (χ0) is 13.7. The van der Waals surface area contributed by atoms with E-state index in [0.29, 0.717) is 12.0 Å². The van der Waals surface area contributed by atoms with Gasteiger partial charge in [-0.25, -0.2) is 0 Å². The molecule has 1 atom stereocenters. The molecule has 4 nitrogen and oxygen atoms in total. The number of aryl methyl sites for hydroxylation is 1. The topological polar surface area (TPSA) is 65.1 Å². The first kappa shape index (κ1) is 13.4. The molecular weight excluding hydrogens is 240 g/mol. The molecule has 0 bridgehead atoms. The molecule has 1 aromatic heterocycles. The molecule has 2 aromatic rings. The highest BCUT2D eigenvalue weighted by Gasteiger charge is 2.11. The second-order valence-electron chi connectivity index (χ2n) is 4.57. The van der Waals surface area contributed by atoms with E-state index in [0.717, 1.165) is 11.3 Å². The average molecular weight is 258 g/mol. The molecule has 0 spiro atoms. The highest BCUT2D eigenvalue weighted by atomic mass is 16.3. The molecule has 1 aromatic carbocycles. The standard InChI is InChI=1S/C15H18N2O2/c1-11-14(7-8-16-11)15(19)17-10-13(18)9-12-5-3-2-4-6-12/h2-8,13,16,18H,9-10H2,1H3,(H,17,19). The molecule has 0 fully saturated rings. The summed E-state index contributed by atoms with van der Waals surface area (Å²) in [5, 5.41) is 12.6. The number of benzene rings is 1. The lowest BCUT2D eigenvalue weighted by Gasteiger charge is -2.12. The maximum Gasteiger partial charge on any atom is 0.253 e. The summed E-state index contributed by atoms with van der Waals surface area (Å²) >= 11 is 0. The van der Waals surface area contributed by atoms with Gasteiger partial charge in [0.1, 0.15) is 0 Å². The fraction of sp³-hybridized carbons (Fsp3) is 0.267. The maximum absolute atomic E-state index is 11.8. The molecule has 1 amide bonds. The van der Waals surface area contributed by atoms with E-state index in [4.69, 9.17) is 0 Å². The number of aliphatic hydroxyl groups excluding tert-OH is 1. The molecule has 3 N–H and O–H groups in total. The number of hydrogen-bond acceptors (Lipinski definition) is 2. The summed E-state index contributed by atoms with van der Waals surface area (Å²) in [5.41, 5.74) is 2.50. The highest BCUT2D eigenvalue weighted by molar-refractivity contribution is 5.95. The van der Waals surface area contributed by atoms with Gasteiger partial charge in [0.25, 0.3) is 5.91 Å². The number of aliphatic hydroxyl groups is 1. The van der Waals surface area contributed by atoms with E-state index in [2.05, 4.69) is 10.3 Å². The number of hydrogen-bond donors (Lipinski definition) is 3. The first-order valence-electron chi connectivity index (χ1n) is 6.31. The SMILES string of the molecule is Cc1[nH]ccc1C(=O)NCC(O)Cc1ccccc1. The van der Waals surface area contributed by atoms with Crippen molar-refractivity contribution in [2.45, 2.75) is 19.4 Å². The number of nitrogens with one attached hydrogen (secondary N) is 2. The molecule has 2 rings (SSSR count). The van der Waals surface area contributed by atoms with Crippen LogP contribution >= 0.6 is 0 Å². The van der Waals surface area contributed by atoms with Gasteiger partial charge < -0.3 is 15.4 Å². The van der Waals surface area contributed by atoms with E-state index < -0.39 is 6.10 Å². The molecule has 0 saturated carbocycles. The summed E-state index contributed by atoms with van der Waals surface area (Å²) in [4.78, 5) is 14.8. The van der Waals surface area contributed by atoms with Gasteiger partial charge in [-0.1, -0.05) is 30.3 Å². The summed E-state index contributed by atoms with van der Waals surface area (Å²) in [7, 11) is 0. The molecular formula is C15H18N2O2. The van der Waals surface area contributed by atoms with Gasteiger partial charge in [0.05, 0.1) is 11.7 Å². The summed E-state index contributed by atoms with van der Waals surface area (Å²) in [6, 6.07) is 11.5. The Balaban J connectivity index is 1.82. The average Bonchev–Trinajstić information content (AvgIpc) is 2.83. The largest absolute Gasteiger partial charge is 0.391 e. The van der Waals surface area contributed by atoms with Crippen LogP contribution in [0, 0.1) is 6.92 Å². The third kappa shape index (κ3) is 3.69. The van der Waals surface area contributed by atoms with Gasteiger partial charge in [-0.2, -0.15) is 0 Å². The van der Waals surface area contributed by atoms with Crippen LogP contribution in [0.2, 0.25) is 0 Å². The van der Waals surface area contributed by atoms with Crippen molar-refractivity contribution < 1.29 is 9.90 Å². The van der Waals surface area contributed by atoms with E-state index in [9.17, 15) is 9.90 Å². The number of carbonyl (C=O) groups is 1. The zero-order valence-electron chi connectivity index (χ0n) is 10.9. The van der Waals surface area contributed by atoms with Gasteiger partial charge in [-0.15, -0.1) is 0 Å². The minimum atomic E-state index is -0.578. The van der Waals surface area contributed by atoms with Gasteiger partial charge in [0.2, 0.25) is 0 Å². The summed E-state index contributed by atoms with van der Waals surface area (Å²) < 4.78 is 0. The third-order valence-corrected chi connectivity index (χ3v) is 3.01. The number of H-pyrrole nitrogens is 1. The van der Waals surface area contributed by atoms with Crippen molar-refractivity contribution in [2.24, 2.45) is 0 Å². The van der Waals surface area contributed by atoms with Crippen LogP contribution in [0.25, 0.3) is 0 Å². The lowest BCUT2D eigenvalue weighted by molar-refractivity contribution is 0.0915. The lowest BCUT2D eigenvalue weighted by Crippen LogP contribution is -2.33. The number of aromatic nitrogens is 1. The Morgan fingerprint density at radius 1 is 1.32 bits per heavy atom. The van der Waals surface area contributed by atoms with Gasteiger partial charge in [0, 0.05) is 24.9 Å². The molecule has 0 aliphatic rings. The van der Waals surface area contributed by atoms with Gasteiger partial charge in [0.15, 0.2) is 0 Å². The van der Waals surface area contributed by atoms with Crippen molar-refractivity contribution in [3.63, 3.8) is 0 Å². The maximum atomic E-state index is 11.8. The molecule has 4 heteroatoms. The van der Waals surface area contributed by atoms with Crippen LogP contribution in [-0.4, -0.2) is 28.6 Å². The molecule has 0 radical (unpaired) electrons. The highest BCUT2D eigenvalue weighted by Crippen LogP contribution is 2.05. The number of carbonyl (C=O) groups excluding carboxylic acids is 1. The van der Waals surface area contributed by atoms with Gasteiger partial charge in [-0.05, 0) is 18.6 Å². The quantitative estimate of drug-likeness (QED) is 0.763. The van der Waals surface area contributed by atoms with E-state index in [-0.39, 0.29) is 12.5 Å². The molecule has 0 saturated heterocycles. The van der Waals surface area contributed by atoms with E-state index >= 15 is 0 Å². The van der Waals surface area contributed by atoms with Crippen LogP contribution in [0.3, 0.4) is 0 Å². The first-order valence-corrected chi connectivity index (χ1v) is 6.31. The van der Waals surface area contributed by atoms with Crippen molar-refractivity contribution in [1.29, 1.82) is 0 Å². The normalized spacial score (nSPS) is 12.1. The third-order valence-electron chi connectivity index (χ3n) is 3.01. The Labute approximate surface area is 112 Å². The van der Waals surface area contributed by atoms with Crippen molar-refractivity contribution in [3.8, 4) is 0 Å². The number of aromatic amines is 1. The van der Waals surface area contributed by atoms with Crippen LogP contribution in [-0.2, 0) is 6.42 Å². The Bertz CT molecular complexity index is 534. The van der Waals surface area contributed by atoms with Crippen LogP contribution in [0.1, 0.15) is 21.6 Å². The first-order chi connectivity index (χ1) is 9.16. The van der Waals surface area contributed by atoms with Crippen LogP contribution in [0.15, 0.2) is 42.6 Å². The molecule has 19 heavy (non-hydrogen) atoms. The fourth-order valence-corrected chi connectivity index (χ4v) is 1.96. The predicted molar refractivity (Wildman–Crippen MR) is 74.0 cm³/mol. The van der Waals surface area contributed by atoms with Crippen molar-refractivity contribution in [1.82, 2.24) is 10.3 Å². The minimum absolute atomic E-state index is 0.161. The molecule has 1 unspecified atom stereocenters. The van der Waals surface area contributed by atoms with Gasteiger partial charge in [-0.3, -0.25) is 4.79 Å². The summed E-state index contributed by atoms with van der Waals surface area (Å²) in [6.45, 7) is 2.09. The molecule has 0 aliphatic heterocycles. The summed E-state index contributed by atoms with van der Waals surface area (Å²) in [5.74, 6) is -0.161. The van der Waals surface area contributed by atoms with Crippen LogP contribution in [0.4, 0.5) is 0 Å². The molecule has 100 valence electrons. The number of rotatable bonds is 5. The van der Waals surface area contributed by atoms with Gasteiger partial charge >= 0.3 is 0 Å². The fourth-order valence-electron chi connectivity index (χ4n) is 1.96. The minimum Gasteiger partial charge on any atom is -0.391 e. The molecule has 0 aliphatic carbocycles. The van der Waals surface area contributed by atoms with E-state index in [1.54, 1.807) is 12.3 Å². The predicted octanol–water partition coefficient (Wildman–Crippen LogP) is 1.66. The van der Waals surface area contributed by atoms with Crippen molar-refractivity contribution in [2.75, 3.05) is 6.54 Å². The Kier molecular flexibility index (Phi) is 4.36. The Morgan fingerprint density at radius 2 is 2.05 bits per heavy atom. The zero-order valence-corrected chi connectivity index (χ0v) is 10.9. The van der Waals surface area contributed by atoms with Crippen molar-refractivity contribution in [3.05, 3.63) is 59.4 Å². The van der Waals surface area contributed by atoms with Crippen LogP contribution in [0.5, 0.6) is 0 Å². The Hall–Kier alpha value is -2.07. The second kappa shape index (κ2) is 6.20. The second-order valence-corrected chi connectivity index (χ2v) is 4.57. The summed E-state index contributed by atoms with van der Waals surface area (Å²) in [6.07, 6.45) is 1.68. The lowest BCUT2D eigenvalue weighted by atomic mass is 10.1. The Morgan fingerprint density at radius 3 is 2.68 bits per heavy atom. The smallest absolute Gasteiger partial charge is 0.253 e. The molecule has 1 heterocycles. The van der Waals surface area contributed by atoms with E-state index in [1.165, 1.54) is 0 Å². The van der Waals surface area contributed by atoms with E-state index in [1.807, 2.05) is 37.3 Å². The monoisotopic (exact) mass is 258 g/mol.